The first-order valence-corrected chi connectivity index (χ1v) is 5.26. The van der Waals surface area contributed by atoms with Crippen molar-refractivity contribution in [2.24, 2.45) is 5.16 Å². The Morgan fingerprint density at radius 2 is 2.12 bits per heavy atom. The zero-order valence-corrected chi connectivity index (χ0v) is 9.76. The summed E-state index contributed by atoms with van der Waals surface area (Å²) in [5.41, 5.74) is 1.61. The van der Waals surface area contributed by atoms with Crippen molar-refractivity contribution in [2.45, 2.75) is 12.8 Å². The summed E-state index contributed by atoms with van der Waals surface area (Å²) in [4.78, 5) is 15.4. The molecule has 1 aromatic carbocycles. The molecule has 0 fully saturated rings. The van der Waals surface area contributed by atoms with E-state index in [-0.39, 0.29) is 0 Å². The Labute approximate surface area is 101 Å². The second kappa shape index (κ2) is 7.22. The topological polar surface area (TPSA) is 47.9 Å². The molecule has 0 heterocycles. The number of nitrogens with zero attached hydrogens (tertiary/aromatic N) is 1. The van der Waals surface area contributed by atoms with Gasteiger partial charge in [-0.3, -0.25) is 4.84 Å². The molecule has 90 valence electrons. The van der Waals surface area contributed by atoms with Crippen molar-refractivity contribution in [3.63, 3.8) is 0 Å². The van der Waals surface area contributed by atoms with E-state index in [1.165, 1.54) is 7.11 Å². The van der Waals surface area contributed by atoms with Crippen LogP contribution in [0.5, 0.6) is 0 Å². The van der Waals surface area contributed by atoms with Gasteiger partial charge in [-0.25, -0.2) is 4.79 Å². The number of hydrogen-bond acceptors (Lipinski definition) is 4. The molecule has 4 heteroatoms. The van der Waals surface area contributed by atoms with Crippen LogP contribution in [-0.2, 0) is 9.57 Å². The van der Waals surface area contributed by atoms with E-state index in [0.29, 0.717) is 12.1 Å². The second-order valence-electron chi connectivity index (χ2n) is 3.28. The third-order valence-electron chi connectivity index (χ3n) is 2.09. The van der Waals surface area contributed by atoms with Crippen LogP contribution in [0.25, 0.3) is 0 Å². The van der Waals surface area contributed by atoms with Crippen molar-refractivity contribution in [3.8, 4) is 0 Å². The van der Waals surface area contributed by atoms with Gasteiger partial charge in [0.05, 0.1) is 12.8 Å². The number of allylic oxidation sites excluding steroid dienone is 1. The Morgan fingerprint density at radius 1 is 1.41 bits per heavy atom. The van der Waals surface area contributed by atoms with Crippen molar-refractivity contribution in [3.05, 3.63) is 48.6 Å². The van der Waals surface area contributed by atoms with Crippen molar-refractivity contribution < 1.29 is 14.4 Å². The molecule has 4 nitrogen and oxygen atoms in total. The molecule has 1 aromatic rings. The van der Waals surface area contributed by atoms with E-state index < -0.39 is 6.16 Å². The highest BCUT2D eigenvalue weighted by atomic mass is 16.8. The predicted octanol–water partition coefficient (Wildman–Crippen LogP) is 3.14. The zero-order chi connectivity index (χ0) is 12.5. The van der Waals surface area contributed by atoms with Crippen LogP contribution in [0.2, 0.25) is 0 Å². The maximum absolute atomic E-state index is 10.8. The molecular formula is C13H15NO3. The Bertz CT molecular complexity index is 398. The number of methoxy groups -OCH3 is 1. The van der Waals surface area contributed by atoms with Crippen molar-refractivity contribution in [2.75, 3.05) is 7.11 Å². The summed E-state index contributed by atoms with van der Waals surface area (Å²) in [6, 6.07) is 9.52. The monoisotopic (exact) mass is 233 g/mol. The molecule has 0 bridgehead atoms. The Morgan fingerprint density at radius 3 is 2.71 bits per heavy atom. The highest BCUT2D eigenvalue weighted by Crippen LogP contribution is 2.07. The molecule has 0 saturated heterocycles. The van der Waals surface area contributed by atoms with Crippen LogP contribution in [0.3, 0.4) is 0 Å². The number of carbonyl (C=O) groups excluding carboxylic acids is 1. The third-order valence-corrected chi connectivity index (χ3v) is 2.09. The van der Waals surface area contributed by atoms with E-state index in [4.69, 9.17) is 0 Å². The fraction of sp³-hybridized carbons (Fsp3) is 0.231. The fourth-order valence-electron chi connectivity index (χ4n) is 1.24. The van der Waals surface area contributed by atoms with Crippen molar-refractivity contribution >= 4 is 11.9 Å². The average molecular weight is 233 g/mol. The van der Waals surface area contributed by atoms with Gasteiger partial charge in [0.15, 0.2) is 0 Å². The first-order valence-electron chi connectivity index (χ1n) is 5.26. The number of benzene rings is 1. The maximum Gasteiger partial charge on any atom is 0.534 e. The van der Waals surface area contributed by atoms with Crippen molar-refractivity contribution in [1.29, 1.82) is 0 Å². The highest BCUT2D eigenvalue weighted by molar-refractivity contribution is 6.00. The summed E-state index contributed by atoms with van der Waals surface area (Å²) < 4.78 is 4.35. The molecule has 0 saturated carbocycles. The van der Waals surface area contributed by atoms with E-state index in [2.05, 4.69) is 21.3 Å². The largest absolute Gasteiger partial charge is 0.534 e. The van der Waals surface area contributed by atoms with Crippen LogP contribution in [0.1, 0.15) is 18.4 Å². The Balaban J connectivity index is 2.80. The second-order valence-corrected chi connectivity index (χ2v) is 3.28. The average Bonchev–Trinajstić information content (AvgIpc) is 2.39. The first kappa shape index (κ1) is 13.0. The lowest BCUT2D eigenvalue weighted by atomic mass is 10.1. The molecule has 0 aliphatic carbocycles. The van der Waals surface area contributed by atoms with Crippen LogP contribution in [0.4, 0.5) is 4.79 Å². The number of carbonyl (C=O) groups is 1. The van der Waals surface area contributed by atoms with E-state index >= 15 is 0 Å². The SMILES string of the molecule is C=CCC/C(=N\OC(=O)OC)c1ccccc1. The summed E-state index contributed by atoms with van der Waals surface area (Å²) in [6.45, 7) is 3.65. The maximum atomic E-state index is 10.8. The lowest BCUT2D eigenvalue weighted by molar-refractivity contribution is 0.0752. The van der Waals surface area contributed by atoms with Crippen molar-refractivity contribution in [1.82, 2.24) is 0 Å². The van der Waals surface area contributed by atoms with Gasteiger partial charge in [-0.15, -0.1) is 6.58 Å². The highest BCUT2D eigenvalue weighted by Gasteiger charge is 2.05. The van der Waals surface area contributed by atoms with E-state index in [1.54, 1.807) is 6.08 Å². The Kier molecular flexibility index (Phi) is 5.51. The van der Waals surface area contributed by atoms with Gasteiger partial charge >= 0.3 is 6.16 Å². The quantitative estimate of drug-likeness (QED) is 0.258. The summed E-state index contributed by atoms with van der Waals surface area (Å²) in [5, 5.41) is 3.80. The zero-order valence-electron chi connectivity index (χ0n) is 9.76. The third kappa shape index (κ3) is 4.51. The summed E-state index contributed by atoms with van der Waals surface area (Å²) in [7, 11) is 1.24. The van der Waals surface area contributed by atoms with Crippen LogP contribution >= 0.6 is 0 Å². The lowest BCUT2D eigenvalue weighted by Gasteiger charge is -2.04. The standard InChI is InChI=1S/C13H15NO3/c1-3-4-10-12(14-17-13(15)16-2)11-8-6-5-7-9-11/h3,5-9H,1,4,10H2,2H3/b14-12+. The molecule has 17 heavy (non-hydrogen) atoms. The number of ether oxygens (including phenoxy) is 1. The van der Waals surface area contributed by atoms with E-state index in [1.807, 2.05) is 30.3 Å². The minimum Gasteiger partial charge on any atom is -0.436 e. The fourth-order valence-corrected chi connectivity index (χ4v) is 1.24. The van der Waals surface area contributed by atoms with Gasteiger partial charge in [-0.2, -0.15) is 0 Å². The molecule has 0 aliphatic rings. The summed E-state index contributed by atoms with van der Waals surface area (Å²) in [6.07, 6.45) is 2.39. The van der Waals surface area contributed by atoms with Crippen LogP contribution in [0, 0.1) is 0 Å². The number of oxime groups is 1. The minimum absolute atomic E-state index is 0.657. The van der Waals surface area contributed by atoms with Crippen LogP contribution in [0.15, 0.2) is 48.1 Å². The number of hydrogen-bond donors (Lipinski definition) is 0. The van der Waals surface area contributed by atoms with E-state index in [0.717, 1.165) is 12.0 Å². The van der Waals surface area contributed by atoms with Gasteiger partial charge in [-0.05, 0) is 18.4 Å². The summed E-state index contributed by atoms with van der Waals surface area (Å²) in [5.74, 6) is 0. The van der Waals surface area contributed by atoms with Gasteiger partial charge in [0.1, 0.15) is 0 Å². The van der Waals surface area contributed by atoms with Crippen LogP contribution < -0.4 is 0 Å². The van der Waals surface area contributed by atoms with Crippen LogP contribution in [-0.4, -0.2) is 19.0 Å². The molecule has 0 spiro atoms. The van der Waals surface area contributed by atoms with Gasteiger partial charge in [-0.1, -0.05) is 41.6 Å². The lowest BCUT2D eigenvalue weighted by Crippen LogP contribution is -2.05. The molecular weight excluding hydrogens is 218 g/mol. The van der Waals surface area contributed by atoms with Gasteiger partial charge < -0.3 is 4.74 Å². The van der Waals surface area contributed by atoms with Gasteiger partial charge in [0, 0.05) is 0 Å². The molecule has 0 amide bonds. The molecule has 0 aromatic heterocycles. The summed E-state index contributed by atoms with van der Waals surface area (Å²) >= 11 is 0. The molecule has 0 aliphatic heterocycles. The molecule has 1 rings (SSSR count). The molecule has 0 N–H and O–H groups in total. The number of rotatable bonds is 5. The van der Waals surface area contributed by atoms with Gasteiger partial charge in [0.2, 0.25) is 0 Å². The smallest absolute Gasteiger partial charge is 0.436 e. The first-order chi connectivity index (χ1) is 8.27. The normalized spacial score (nSPS) is 10.8. The predicted molar refractivity (Wildman–Crippen MR) is 65.9 cm³/mol. The Hall–Kier alpha value is -2.10. The minimum atomic E-state index is -0.822. The van der Waals surface area contributed by atoms with E-state index in [9.17, 15) is 4.79 Å². The molecule has 0 unspecified atom stereocenters. The van der Waals surface area contributed by atoms with Gasteiger partial charge in [0.25, 0.3) is 0 Å². The molecule has 0 atom stereocenters. The molecule has 0 radical (unpaired) electrons.